The molecule has 170 valence electrons. The zero-order valence-corrected chi connectivity index (χ0v) is 18.2. The lowest BCUT2D eigenvalue weighted by molar-refractivity contribution is 0.435. The van der Waals surface area contributed by atoms with Gasteiger partial charge in [0.2, 0.25) is 21.6 Å². The summed E-state index contributed by atoms with van der Waals surface area (Å²) in [7, 11) is -4.02. The predicted molar refractivity (Wildman–Crippen MR) is 118 cm³/mol. The molecule has 0 atom stereocenters. The number of benzene rings is 2. The molecular formula is C23H16FN5O4S. The predicted octanol–water partition coefficient (Wildman–Crippen LogP) is 3.72. The molecule has 1 N–H and O–H groups in total. The number of oxazole rings is 1. The summed E-state index contributed by atoms with van der Waals surface area (Å²) in [6, 6.07) is 15.5. The second-order valence-electron chi connectivity index (χ2n) is 7.20. The van der Waals surface area contributed by atoms with Crippen LogP contribution in [0.4, 0.5) is 4.39 Å². The minimum absolute atomic E-state index is 0.00185. The first-order valence-corrected chi connectivity index (χ1v) is 11.5. The molecule has 0 saturated heterocycles. The van der Waals surface area contributed by atoms with Gasteiger partial charge in [0.15, 0.2) is 10.7 Å². The van der Waals surface area contributed by atoms with Gasteiger partial charge in [0.1, 0.15) is 23.5 Å². The van der Waals surface area contributed by atoms with Crippen molar-refractivity contribution in [3.8, 4) is 29.0 Å². The van der Waals surface area contributed by atoms with Gasteiger partial charge < -0.3 is 9.52 Å². The fourth-order valence-corrected chi connectivity index (χ4v) is 4.60. The van der Waals surface area contributed by atoms with E-state index in [4.69, 9.17) is 4.42 Å². The second-order valence-corrected chi connectivity index (χ2v) is 9.12. The quantitative estimate of drug-likeness (QED) is 0.392. The minimum atomic E-state index is -4.02. The first-order chi connectivity index (χ1) is 16.4. The molecule has 0 unspecified atom stereocenters. The number of rotatable bonds is 6. The number of aromatic nitrogens is 5. The van der Waals surface area contributed by atoms with Gasteiger partial charge in [-0.15, -0.1) is 0 Å². The van der Waals surface area contributed by atoms with Crippen molar-refractivity contribution in [1.29, 1.82) is 0 Å². The van der Waals surface area contributed by atoms with Gasteiger partial charge in [-0.05, 0) is 18.2 Å². The van der Waals surface area contributed by atoms with E-state index in [0.717, 1.165) is 6.20 Å². The van der Waals surface area contributed by atoms with Crippen LogP contribution in [0.3, 0.4) is 0 Å². The largest absolute Gasteiger partial charge is 0.492 e. The van der Waals surface area contributed by atoms with E-state index in [1.165, 1.54) is 35.3 Å². The molecule has 0 aliphatic heterocycles. The Morgan fingerprint density at radius 1 is 1.03 bits per heavy atom. The van der Waals surface area contributed by atoms with E-state index in [2.05, 4.69) is 20.1 Å². The Hall–Kier alpha value is -4.38. The highest BCUT2D eigenvalue weighted by Gasteiger charge is 2.25. The van der Waals surface area contributed by atoms with Crippen molar-refractivity contribution in [2.24, 2.45) is 0 Å². The SMILES string of the molecule is O=S(=O)(c1ccccc1)c1cnc(-c2cc(-c3ncco3)n(Cc3ccccc3F)n2)nc1O. The molecule has 5 aromatic rings. The third-order valence-electron chi connectivity index (χ3n) is 5.02. The van der Waals surface area contributed by atoms with Gasteiger partial charge in [-0.25, -0.2) is 22.8 Å². The summed E-state index contributed by atoms with van der Waals surface area (Å²) in [6.07, 6.45) is 3.88. The van der Waals surface area contributed by atoms with E-state index >= 15 is 0 Å². The summed E-state index contributed by atoms with van der Waals surface area (Å²) in [5.41, 5.74) is 1.02. The third-order valence-corrected chi connectivity index (χ3v) is 6.78. The van der Waals surface area contributed by atoms with Crippen molar-refractivity contribution in [2.45, 2.75) is 16.3 Å². The molecule has 0 saturated carbocycles. The first kappa shape index (κ1) is 21.5. The van der Waals surface area contributed by atoms with Crippen molar-refractivity contribution in [3.05, 3.63) is 90.7 Å². The molecule has 0 aliphatic rings. The van der Waals surface area contributed by atoms with Crippen molar-refractivity contribution in [3.63, 3.8) is 0 Å². The Kier molecular flexibility index (Phi) is 5.38. The normalized spacial score (nSPS) is 11.6. The van der Waals surface area contributed by atoms with Gasteiger partial charge in [0.25, 0.3) is 0 Å². The van der Waals surface area contributed by atoms with Crippen LogP contribution in [0.5, 0.6) is 5.88 Å². The zero-order valence-electron chi connectivity index (χ0n) is 17.4. The maximum atomic E-state index is 14.2. The molecule has 11 heteroatoms. The Balaban J connectivity index is 1.55. The fraction of sp³-hybridized carbons (Fsp3) is 0.0435. The third kappa shape index (κ3) is 3.92. The van der Waals surface area contributed by atoms with Crippen molar-refractivity contribution in [2.75, 3.05) is 0 Å². The Labute approximate surface area is 193 Å². The average Bonchev–Trinajstić information content (AvgIpc) is 3.51. The first-order valence-electron chi connectivity index (χ1n) is 10.0. The molecule has 0 aliphatic carbocycles. The molecule has 3 aromatic heterocycles. The Bertz CT molecular complexity index is 1570. The maximum absolute atomic E-state index is 14.2. The van der Waals surface area contributed by atoms with Gasteiger partial charge in [0, 0.05) is 11.6 Å². The van der Waals surface area contributed by atoms with E-state index in [1.54, 1.807) is 42.5 Å². The molecule has 0 bridgehead atoms. The Morgan fingerprint density at radius 2 is 1.79 bits per heavy atom. The highest BCUT2D eigenvalue weighted by Crippen LogP contribution is 2.30. The molecule has 0 radical (unpaired) electrons. The van der Waals surface area contributed by atoms with Crippen molar-refractivity contribution >= 4 is 9.84 Å². The monoisotopic (exact) mass is 477 g/mol. The summed E-state index contributed by atoms with van der Waals surface area (Å²) in [4.78, 5) is 11.8. The van der Waals surface area contributed by atoms with Crippen LogP contribution in [-0.2, 0) is 16.4 Å². The number of hydrogen-bond acceptors (Lipinski definition) is 8. The fourth-order valence-electron chi connectivity index (χ4n) is 3.36. The lowest BCUT2D eigenvalue weighted by Gasteiger charge is -2.07. The van der Waals surface area contributed by atoms with Gasteiger partial charge in [-0.3, -0.25) is 4.68 Å². The van der Waals surface area contributed by atoms with Gasteiger partial charge in [-0.2, -0.15) is 10.1 Å². The van der Waals surface area contributed by atoms with Crippen LogP contribution in [0.25, 0.3) is 23.1 Å². The molecule has 5 rings (SSSR count). The molecule has 0 fully saturated rings. The standard InChI is InChI=1S/C23H16FN5O4S/c24-17-9-5-4-6-15(17)14-29-19(23-25-10-11-33-23)12-18(28-29)21-26-13-20(22(30)27-21)34(31,32)16-7-2-1-3-8-16/h1-13H,14H2,(H,26,27,30). The molecule has 2 aromatic carbocycles. The summed E-state index contributed by atoms with van der Waals surface area (Å²) in [5, 5.41) is 14.9. The number of sulfone groups is 1. The number of hydrogen-bond donors (Lipinski definition) is 1. The molecule has 0 amide bonds. The zero-order chi connectivity index (χ0) is 23.7. The molecule has 34 heavy (non-hydrogen) atoms. The van der Waals surface area contributed by atoms with Crippen molar-refractivity contribution in [1.82, 2.24) is 24.7 Å². The Morgan fingerprint density at radius 3 is 2.50 bits per heavy atom. The van der Waals surface area contributed by atoms with E-state index in [9.17, 15) is 17.9 Å². The molecule has 3 heterocycles. The van der Waals surface area contributed by atoms with Crippen molar-refractivity contribution < 1.29 is 22.3 Å². The van der Waals surface area contributed by atoms with E-state index < -0.39 is 26.4 Å². The van der Waals surface area contributed by atoms with E-state index in [-0.39, 0.29) is 28.8 Å². The lowest BCUT2D eigenvalue weighted by atomic mass is 10.2. The topological polar surface area (TPSA) is 124 Å². The molecular weight excluding hydrogens is 461 g/mol. The van der Waals surface area contributed by atoms with E-state index in [0.29, 0.717) is 11.3 Å². The smallest absolute Gasteiger partial charge is 0.244 e. The van der Waals surface area contributed by atoms with Crippen LogP contribution in [-0.4, -0.2) is 38.3 Å². The minimum Gasteiger partial charge on any atom is -0.492 e. The van der Waals surface area contributed by atoms with Gasteiger partial charge >= 0.3 is 0 Å². The highest BCUT2D eigenvalue weighted by atomic mass is 32.2. The van der Waals surface area contributed by atoms with E-state index in [1.807, 2.05) is 0 Å². The van der Waals surface area contributed by atoms with Gasteiger partial charge in [-0.1, -0.05) is 36.4 Å². The van der Waals surface area contributed by atoms with Crippen LogP contribution < -0.4 is 0 Å². The number of nitrogens with zero attached hydrogens (tertiary/aromatic N) is 5. The average molecular weight is 477 g/mol. The molecule has 9 nitrogen and oxygen atoms in total. The summed E-state index contributed by atoms with van der Waals surface area (Å²) in [6.45, 7) is 0.0663. The maximum Gasteiger partial charge on any atom is 0.244 e. The van der Waals surface area contributed by atoms with Crippen LogP contribution in [0, 0.1) is 5.82 Å². The highest BCUT2D eigenvalue weighted by molar-refractivity contribution is 7.91. The van der Waals surface area contributed by atoms with Crippen LogP contribution in [0.2, 0.25) is 0 Å². The lowest BCUT2D eigenvalue weighted by Crippen LogP contribution is -2.06. The van der Waals surface area contributed by atoms with Crippen LogP contribution >= 0.6 is 0 Å². The number of halogens is 1. The summed E-state index contributed by atoms with van der Waals surface area (Å²) >= 11 is 0. The van der Waals surface area contributed by atoms with Gasteiger partial charge in [0.05, 0.1) is 23.8 Å². The number of aromatic hydroxyl groups is 1. The molecule has 0 spiro atoms. The van der Waals surface area contributed by atoms with Crippen LogP contribution in [0.15, 0.2) is 93.5 Å². The summed E-state index contributed by atoms with van der Waals surface area (Å²) < 4.78 is 46.7. The second kappa shape index (κ2) is 8.52. The summed E-state index contributed by atoms with van der Waals surface area (Å²) in [5.74, 6) is -0.898. The van der Waals surface area contributed by atoms with Crippen LogP contribution in [0.1, 0.15) is 5.56 Å².